The summed E-state index contributed by atoms with van der Waals surface area (Å²) >= 11 is 1.33. The standard InChI is InChI=1S/C21H24N4O2S.CH4O3S/c22-21-25-18(14-28-21)12-20(27)24-17-8-6-15(7-9-17)10-11-23-13-19(26)16-4-2-1-3-5-16;1-5(2,3)4/h1-9,14,19,23,26H,10-13H2,(H2,22,25)(H,24,27);1H3,(H,2,3,4)/t19-;/m0./s1. The van der Waals surface area contributed by atoms with E-state index >= 15 is 0 Å². The quantitative estimate of drug-likeness (QED) is 0.225. The van der Waals surface area contributed by atoms with Gasteiger partial charge in [-0.1, -0.05) is 42.5 Å². The lowest BCUT2D eigenvalue weighted by Gasteiger charge is -2.12. The molecule has 9 nitrogen and oxygen atoms in total. The number of carbonyl (C=O) groups excluding carboxylic acids is 1. The Labute approximate surface area is 197 Å². The highest BCUT2D eigenvalue weighted by molar-refractivity contribution is 7.85. The van der Waals surface area contributed by atoms with Crippen molar-refractivity contribution >= 4 is 38.2 Å². The molecule has 3 rings (SSSR count). The number of nitrogen functional groups attached to an aromatic ring is 1. The normalized spacial score (nSPS) is 11.8. The molecule has 2 aromatic carbocycles. The molecule has 3 aromatic rings. The Morgan fingerprint density at radius 3 is 2.36 bits per heavy atom. The lowest BCUT2D eigenvalue weighted by atomic mass is 10.1. The smallest absolute Gasteiger partial charge is 0.261 e. The number of aromatic nitrogens is 1. The molecule has 0 aliphatic heterocycles. The molecule has 0 saturated heterocycles. The first-order valence-electron chi connectivity index (χ1n) is 10.0. The number of aliphatic hydroxyl groups excluding tert-OH is 1. The molecule has 1 atom stereocenters. The van der Waals surface area contributed by atoms with Gasteiger partial charge in [-0.25, -0.2) is 4.98 Å². The monoisotopic (exact) mass is 492 g/mol. The summed E-state index contributed by atoms with van der Waals surface area (Å²) in [5.41, 5.74) is 9.08. The molecule has 0 bridgehead atoms. The van der Waals surface area contributed by atoms with Crippen molar-refractivity contribution in [2.75, 3.05) is 30.4 Å². The molecule has 0 aliphatic rings. The zero-order valence-electron chi connectivity index (χ0n) is 18.1. The molecule has 0 saturated carbocycles. The van der Waals surface area contributed by atoms with Crippen LogP contribution in [0.3, 0.4) is 0 Å². The molecule has 33 heavy (non-hydrogen) atoms. The summed E-state index contributed by atoms with van der Waals surface area (Å²) < 4.78 is 25.9. The van der Waals surface area contributed by atoms with E-state index in [4.69, 9.17) is 10.3 Å². The number of aliphatic hydroxyl groups is 1. The van der Waals surface area contributed by atoms with Crippen molar-refractivity contribution in [1.29, 1.82) is 0 Å². The number of rotatable bonds is 9. The number of thiazole rings is 1. The van der Waals surface area contributed by atoms with Gasteiger partial charge < -0.3 is 21.5 Å². The molecule has 0 unspecified atom stereocenters. The topological polar surface area (TPSA) is 155 Å². The predicted molar refractivity (Wildman–Crippen MR) is 131 cm³/mol. The van der Waals surface area contributed by atoms with E-state index in [1.54, 1.807) is 5.38 Å². The molecule has 0 spiro atoms. The minimum atomic E-state index is -3.67. The zero-order chi connectivity index (χ0) is 24.3. The number of benzene rings is 2. The number of carbonyl (C=O) groups is 1. The van der Waals surface area contributed by atoms with E-state index in [1.165, 1.54) is 11.3 Å². The molecular weight excluding hydrogens is 464 g/mol. The van der Waals surface area contributed by atoms with Crippen LogP contribution < -0.4 is 16.4 Å². The van der Waals surface area contributed by atoms with Gasteiger partial charge in [0.05, 0.1) is 24.5 Å². The Bertz CT molecular complexity index is 1100. The van der Waals surface area contributed by atoms with Crippen LogP contribution in [0.2, 0.25) is 0 Å². The van der Waals surface area contributed by atoms with Crippen LogP contribution in [0.15, 0.2) is 60.0 Å². The second-order valence-electron chi connectivity index (χ2n) is 7.21. The van der Waals surface area contributed by atoms with Crippen LogP contribution in [0.1, 0.15) is 22.9 Å². The van der Waals surface area contributed by atoms with Gasteiger partial charge >= 0.3 is 0 Å². The second kappa shape index (κ2) is 13.0. The van der Waals surface area contributed by atoms with Crippen molar-refractivity contribution in [3.63, 3.8) is 0 Å². The maximum Gasteiger partial charge on any atom is 0.261 e. The first kappa shape index (κ1) is 26.4. The average molecular weight is 493 g/mol. The third kappa shape index (κ3) is 11.6. The van der Waals surface area contributed by atoms with Gasteiger partial charge in [0.2, 0.25) is 5.91 Å². The number of anilines is 2. The SMILES string of the molecule is CS(=O)(=O)O.Nc1nc(CC(=O)Nc2ccc(CCNC[C@H](O)c3ccccc3)cc2)cs1. The Morgan fingerprint density at radius 1 is 1.15 bits per heavy atom. The third-order valence-corrected chi connectivity index (χ3v) is 4.98. The third-order valence-electron chi connectivity index (χ3n) is 4.26. The number of nitrogens with two attached hydrogens (primary N) is 1. The molecule has 1 aromatic heterocycles. The molecule has 0 radical (unpaired) electrons. The van der Waals surface area contributed by atoms with Crippen LogP contribution >= 0.6 is 11.3 Å². The van der Waals surface area contributed by atoms with Gasteiger partial charge in [-0.15, -0.1) is 11.3 Å². The summed E-state index contributed by atoms with van der Waals surface area (Å²) in [6.07, 6.45) is 1.26. The first-order chi connectivity index (χ1) is 15.6. The van der Waals surface area contributed by atoms with E-state index in [9.17, 15) is 18.3 Å². The van der Waals surface area contributed by atoms with Crippen molar-refractivity contribution in [3.05, 3.63) is 76.8 Å². The van der Waals surface area contributed by atoms with Crippen LogP contribution in [-0.2, 0) is 27.8 Å². The highest BCUT2D eigenvalue weighted by Gasteiger charge is 2.08. The van der Waals surface area contributed by atoms with Crippen molar-refractivity contribution in [2.24, 2.45) is 0 Å². The molecule has 11 heteroatoms. The summed E-state index contributed by atoms with van der Waals surface area (Å²) in [6, 6.07) is 17.4. The molecule has 6 N–H and O–H groups in total. The number of amides is 1. The van der Waals surface area contributed by atoms with Crippen LogP contribution in [0.5, 0.6) is 0 Å². The Kier molecular flexibility index (Phi) is 10.4. The number of nitrogens with one attached hydrogen (secondary N) is 2. The molecule has 178 valence electrons. The van der Waals surface area contributed by atoms with E-state index < -0.39 is 16.2 Å². The average Bonchev–Trinajstić information content (AvgIpc) is 3.16. The van der Waals surface area contributed by atoms with E-state index in [0.29, 0.717) is 23.6 Å². The van der Waals surface area contributed by atoms with Crippen LogP contribution in [0.25, 0.3) is 0 Å². The van der Waals surface area contributed by atoms with Crippen LogP contribution in [-0.4, -0.2) is 48.3 Å². The molecular formula is C22H28N4O5S2. The van der Waals surface area contributed by atoms with Gasteiger partial charge in [0.25, 0.3) is 10.1 Å². The van der Waals surface area contributed by atoms with Gasteiger partial charge in [-0.3, -0.25) is 9.35 Å². The molecule has 0 aliphatic carbocycles. The van der Waals surface area contributed by atoms with Crippen LogP contribution in [0, 0.1) is 0 Å². The van der Waals surface area contributed by atoms with Crippen molar-refractivity contribution < 1.29 is 22.9 Å². The van der Waals surface area contributed by atoms with E-state index in [1.807, 2.05) is 54.6 Å². The predicted octanol–water partition coefficient (Wildman–Crippen LogP) is 2.28. The van der Waals surface area contributed by atoms with Crippen molar-refractivity contribution in [1.82, 2.24) is 10.3 Å². The summed E-state index contributed by atoms with van der Waals surface area (Å²) in [4.78, 5) is 16.1. The second-order valence-corrected chi connectivity index (χ2v) is 9.57. The summed E-state index contributed by atoms with van der Waals surface area (Å²) in [5.74, 6) is -0.116. The largest absolute Gasteiger partial charge is 0.387 e. The van der Waals surface area contributed by atoms with Gasteiger partial charge in [-0.2, -0.15) is 8.42 Å². The van der Waals surface area contributed by atoms with Crippen LogP contribution in [0.4, 0.5) is 10.8 Å². The fourth-order valence-corrected chi connectivity index (χ4v) is 3.36. The fourth-order valence-electron chi connectivity index (χ4n) is 2.79. The minimum Gasteiger partial charge on any atom is -0.387 e. The summed E-state index contributed by atoms with van der Waals surface area (Å²) in [7, 11) is -3.67. The van der Waals surface area contributed by atoms with Crippen molar-refractivity contribution in [2.45, 2.75) is 18.9 Å². The molecule has 0 fully saturated rings. The number of nitrogens with zero attached hydrogens (tertiary/aromatic N) is 1. The van der Waals surface area contributed by atoms with E-state index in [-0.39, 0.29) is 12.3 Å². The number of hydrogen-bond acceptors (Lipinski definition) is 8. The Balaban J connectivity index is 0.000000696. The fraction of sp³-hybridized carbons (Fsp3) is 0.273. The van der Waals surface area contributed by atoms with Gasteiger partial charge in [0, 0.05) is 17.6 Å². The Hall–Kier alpha value is -2.83. The summed E-state index contributed by atoms with van der Waals surface area (Å²) in [5, 5.41) is 18.5. The molecule has 1 heterocycles. The number of hydrogen-bond donors (Lipinski definition) is 5. The minimum absolute atomic E-state index is 0.116. The zero-order valence-corrected chi connectivity index (χ0v) is 19.8. The highest BCUT2D eigenvalue weighted by Crippen LogP contribution is 2.14. The lowest BCUT2D eigenvalue weighted by Crippen LogP contribution is -2.23. The Morgan fingerprint density at radius 2 is 1.79 bits per heavy atom. The van der Waals surface area contributed by atoms with E-state index in [2.05, 4.69) is 15.6 Å². The lowest BCUT2D eigenvalue weighted by molar-refractivity contribution is -0.115. The maximum atomic E-state index is 12.0. The van der Waals surface area contributed by atoms with Gasteiger partial charge in [0.15, 0.2) is 5.13 Å². The first-order valence-corrected chi connectivity index (χ1v) is 12.8. The van der Waals surface area contributed by atoms with Gasteiger partial charge in [0.1, 0.15) is 0 Å². The molecule has 1 amide bonds. The van der Waals surface area contributed by atoms with Gasteiger partial charge in [-0.05, 0) is 36.2 Å². The van der Waals surface area contributed by atoms with E-state index in [0.717, 1.165) is 29.8 Å². The maximum absolute atomic E-state index is 12.0. The summed E-state index contributed by atoms with van der Waals surface area (Å²) in [6.45, 7) is 1.28. The highest BCUT2D eigenvalue weighted by atomic mass is 32.2. The van der Waals surface area contributed by atoms with Crippen molar-refractivity contribution in [3.8, 4) is 0 Å².